The van der Waals surface area contributed by atoms with Gasteiger partial charge in [-0.1, -0.05) is 12.1 Å². The van der Waals surface area contributed by atoms with Gasteiger partial charge in [0.25, 0.3) is 0 Å². The molecule has 0 bridgehead atoms. The smallest absolute Gasteiger partial charge is 0.136 e. The van der Waals surface area contributed by atoms with Crippen LogP contribution in [0, 0.1) is 25.2 Å². The molecule has 0 spiro atoms. The molecule has 2 aromatic rings. The van der Waals surface area contributed by atoms with Crippen molar-refractivity contribution in [1.82, 2.24) is 0 Å². The third-order valence-corrected chi connectivity index (χ3v) is 4.80. The van der Waals surface area contributed by atoms with Crippen LogP contribution >= 0.6 is 0 Å². The molecular weight excluding hydrogens is 282 g/mol. The molecular formula is C17H17NO2S. The molecule has 0 heterocycles. The van der Waals surface area contributed by atoms with E-state index in [1.165, 1.54) is 12.7 Å². The highest BCUT2D eigenvalue weighted by Gasteiger charge is 2.09. The summed E-state index contributed by atoms with van der Waals surface area (Å²) in [6.07, 6.45) is 0. The standard InChI is InChI=1S/C17H17NO2S/c1-12-4-6-16(8-13(12)2)21(19)11-14-5-7-17(20-3)15(9-14)10-18/h4-9H,11H2,1-3H3. The fourth-order valence-corrected chi connectivity index (χ4v) is 3.20. The maximum absolute atomic E-state index is 12.4. The zero-order chi connectivity index (χ0) is 15.4. The predicted octanol–water partition coefficient (Wildman–Crippen LogP) is 3.49. The van der Waals surface area contributed by atoms with Crippen LogP contribution in [0.25, 0.3) is 0 Å². The van der Waals surface area contributed by atoms with Crippen molar-refractivity contribution in [3.8, 4) is 11.8 Å². The van der Waals surface area contributed by atoms with Crippen LogP contribution in [0.2, 0.25) is 0 Å². The monoisotopic (exact) mass is 299 g/mol. The highest BCUT2D eigenvalue weighted by atomic mass is 32.2. The Labute approximate surface area is 127 Å². The van der Waals surface area contributed by atoms with Crippen LogP contribution < -0.4 is 4.74 Å². The van der Waals surface area contributed by atoms with E-state index < -0.39 is 10.8 Å². The van der Waals surface area contributed by atoms with Gasteiger partial charge < -0.3 is 4.74 Å². The second kappa shape index (κ2) is 6.55. The summed E-state index contributed by atoms with van der Waals surface area (Å²) in [4.78, 5) is 0.812. The average Bonchev–Trinajstić information content (AvgIpc) is 2.49. The molecule has 2 aromatic carbocycles. The first-order chi connectivity index (χ1) is 10.0. The summed E-state index contributed by atoms with van der Waals surface area (Å²) in [6, 6.07) is 13.3. The van der Waals surface area contributed by atoms with Crippen LogP contribution in [0.1, 0.15) is 22.3 Å². The van der Waals surface area contributed by atoms with E-state index in [4.69, 9.17) is 10.00 Å². The number of hydrogen-bond acceptors (Lipinski definition) is 3. The predicted molar refractivity (Wildman–Crippen MR) is 83.7 cm³/mol. The molecule has 0 amide bonds. The molecule has 108 valence electrons. The number of hydrogen-bond donors (Lipinski definition) is 0. The van der Waals surface area contributed by atoms with Crippen LogP contribution in [0.15, 0.2) is 41.3 Å². The maximum Gasteiger partial charge on any atom is 0.136 e. The summed E-state index contributed by atoms with van der Waals surface area (Å²) >= 11 is 0. The van der Waals surface area contributed by atoms with Crippen molar-refractivity contribution < 1.29 is 8.95 Å². The lowest BCUT2D eigenvalue weighted by Gasteiger charge is -2.08. The van der Waals surface area contributed by atoms with E-state index in [0.717, 1.165) is 16.0 Å². The quantitative estimate of drug-likeness (QED) is 0.868. The lowest BCUT2D eigenvalue weighted by Crippen LogP contribution is -1.99. The first-order valence-electron chi connectivity index (χ1n) is 6.58. The maximum atomic E-state index is 12.4. The number of nitriles is 1. The van der Waals surface area contributed by atoms with Gasteiger partial charge in [-0.3, -0.25) is 4.21 Å². The molecule has 21 heavy (non-hydrogen) atoms. The molecule has 0 radical (unpaired) electrons. The number of rotatable bonds is 4. The lowest BCUT2D eigenvalue weighted by atomic mass is 10.1. The van der Waals surface area contributed by atoms with Gasteiger partial charge in [0.05, 0.1) is 29.2 Å². The minimum Gasteiger partial charge on any atom is -0.495 e. The fraction of sp³-hybridized carbons (Fsp3) is 0.235. The summed E-state index contributed by atoms with van der Waals surface area (Å²) < 4.78 is 17.5. The molecule has 1 atom stereocenters. The summed E-state index contributed by atoms with van der Waals surface area (Å²) in [5.74, 6) is 0.930. The van der Waals surface area contributed by atoms with Crippen molar-refractivity contribution >= 4 is 10.8 Å². The Morgan fingerprint density at radius 1 is 1.14 bits per heavy atom. The Kier molecular flexibility index (Phi) is 4.77. The van der Waals surface area contributed by atoms with Crippen molar-refractivity contribution in [2.45, 2.75) is 24.5 Å². The minimum atomic E-state index is -1.12. The van der Waals surface area contributed by atoms with E-state index in [-0.39, 0.29) is 0 Å². The van der Waals surface area contributed by atoms with Gasteiger partial charge in [-0.05, 0) is 54.8 Å². The highest BCUT2D eigenvalue weighted by Crippen LogP contribution is 2.21. The summed E-state index contributed by atoms with van der Waals surface area (Å²) in [5.41, 5.74) is 3.65. The van der Waals surface area contributed by atoms with Crippen LogP contribution in [-0.2, 0) is 16.6 Å². The molecule has 2 rings (SSSR count). The van der Waals surface area contributed by atoms with E-state index in [9.17, 15) is 4.21 Å². The second-order valence-corrected chi connectivity index (χ2v) is 6.33. The van der Waals surface area contributed by atoms with Gasteiger partial charge >= 0.3 is 0 Å². The van der Waals surface area contributed by atoms with Gasteiger partial charge in [0, 0.05) is 4.90 Å². The molecule has 0 aliphatic carbocycles. The Balaban J connectivity index is 2.23. The van der Waals surface area contributed by atoms with Crippen molar-refractivity contribution in [2.75, 3.05) is 7.11 Å². The van der Waals surface area contributed by atoms with Crippen molar-refractivity contribution in [3.05, 3.63) is 58.7 Å². The van der Waals surface area contributed by atoms with Crippen LogP contribution in [-0.4, -0.2) is 11.3 Å². The number of benzene rings is 2. The molecule has 0 saturated carbocycles. The molecule has 0 saturated heterocycles. The Morgan fingerprint density at radius 3 is 2.52 bits per heavy atom. The second-order valence-electron chi connectivity index (χ2n) is 4.88. The zero-order valence-corrected chi connectivity index (χ0v) is 13.2. The third-order valence-electron chi connectivity index (χ3n) is 3.42. The number of ether oxygens (including phenoxy) is 1. The van der Waals surface area contributed by atoms with Crippen LogP contribution in [0.5, 0.6) is 5.75 Å². The fourth-order valence-electron chi connectivity index (χ4n) is 2.02. The largest absolute Gasteiger partial charge is 0.495 e. The number of methoxy groups -OCH3 is 1. The summed E-state index contributed by atoms with van der Waals surface area (Å²) in [7, 11) is 0.409. The van der Waals surface area contributed by atoms with Crippen LogP contribution in [0.3, 0.4) is 0 Å². The van der Waals surface area contributed by atoms with E-state index in [1.54, 1.807) is 12.1 Å². The molecule has 0 fully saturated rings. The molecule has 0 aliphatic rings. The Bertz CT molecular complexity index is 732. The summed E-state index contributed by atoms with van der Waals surface area (Å²) in [5, 5.41) is 9.09. The van der Waals surface area contributed by atoms with E-state index in [0.29, 0.717) is 17.1 Å². The molecule has 3 nitrogen and oxygen atoms in total. The highest BCUT2D eigenvalue weighted by molar-refractivity contribution is 7.84. The van der Waals surface area contributed by atoms with Gasteiger partial charge in [0.2, 0.25) is 0 Å². The Morgan fingerprint density at radius 2 is 1.90 bits per heavy atom. The first kappa shape index (κ1) is 15.3. The molecule has 0 aliphatic heterocycles. The van der Waals surface area contributed by atoms with Gasteiger partial charge in [0.1, 0.15) is 11.8 Å². The minimum absolute atomic E-state index is 0.390. The van der Waals surface area contributed by atoms with Crippen molar-refractivity contribution in [1.29, 1.82) is 5.26 Å². The molecule has 4 heteroatoms. The topological polar surface area (TPSA) is 50.1 Å². The van der Waals surface area contributed by atoms with Gasteiger partial charge in [-0.2, -0.15) is 5.26 Å². The molecule has 1 unspecified atom stereocenters. The van der Waals surface area contributed by atoms with Crippen molar-refractivity contribution in [2.24, 2.45) is 0 Å². The Hall–Kier alpha value is -2.12. The summed E-state index contributed by atoms with van der Waals surface area (Å²) in [6.45, 7) is 4.04. The third kappa shape index (κ3) is 3.50. The van der Waals surface area contributed by atoms with E-state index >= 15 is 0 Å². The van der Waals surface area contributed by atoms with Gasteiger partial charge in [0.15, 0.2) is 0 Å². The van der Waals surface area contributed by atoms with Gasteiger partial charge in [-0.25, -0.2) is 0 Å². The molecule has 0 aromatic heterocycles. The average molecular weight is 299 g/mol. The van der Waals surface area contributed by atoms with Crippen molar-refractivity contribution in [3.63, 3.8) is 0 Å². The molecule has 0 N–H and O–H groups in total. The SMILES string of the molecule is COc1ccc(CS(=O)c2ccc(C)c(C)c2)cc1C#N. The van der Waals surface area contributed by atoms with Gasteiger partial charge in [-0.15, -0.1) is 0 Å². The first-order valence-corrected chi connectivity index (χ1v) is 7.89. The number of nitrogens with zero attached hydrogens (tertiary/aromatic N) is 1. The zero-order valence-electron chi connectivity index (χ0n) is 12.3. The van der Waals surface area contributed by atoms with E-state index in [2.05, 4.69) is 6.07 Å². The number of aryl methyl sites for hydroxylation is 2. The normalized spacial score (nSPS) is 11.7. The van der Waals surface area contributed by atoms with Crippen LogP contribution in [0.4, 0.5) is 0 Å². The lowest BCUT2D eigenvalue weighted by molar-refractivity contribution is 0.413. The van der Waals surface area contributed by atoms with E-state index in [1.807, 2.05) is 38.1 Å².